The molecule has 0 saturated heterocycles. The Kier molecular flexibility index (Phi) is 15.5. The van der Waals surface area contributed by atoms with Crippen molar-refractivity contribution in [3.63, 3.8) is 0 Å². The SMILES string of the molecule is FC(F)OCc1cccc(OC2C[C@H]3CC[C@@H](C2)C3)c1.I.II.OCc1cccc(OC2C[C@H]3CC[C@@H](C2)C3)c1. The molecule has 6 atom stereocenters. The van der Waals surface area contributed by atoms with Gasteiger partial charge in [0.1, 0.15) is 11.5 Å². The van der Waals surface area contributed by atoms with E-state index in [9.17, 15) is 8.78 Å². The first-order valence-electron chi connectivity index (χ1n) is 14.2. The number of alkyl halides is 2. The summed E-state index contributed by atoms with van der Waals surface area (Å²) in [5.74, 6) is 5.14. The number of rotatable bonds is 8. The van der Waals surface area contributed by atoms with E-state index in [2.05, 4.69) is 42.0 Å². The summed E-state index contributed by atoms with van der Waals surface area (Å²) >= 11 is 4.24. The maximum atomic E-state index is 12.0. The van der Waals surface area contributed by atoms with E-state index < -0.39 is 6.61 Å². The summed E-state index contributed by atoms with van der Waals surface area (Å²) in [6, 6.07) is 15.1. The first-order chi connectivity index (χ1) is 19.0. The van der Waals surface area contributed by atoms with Gasteiger partial charge in [-0.3, -0.25) is 0 Å². The highest BCUT2D eigenvalue weighted by Crippen LogP contribution is 2.44. The lowest BCUT2D eigenvalue weighted by Gasteiger charge is -2.28. The second-order valence-electron chi connectivity index (χ2n) is 11.5. The molecule has 0 radical (unpaired) electrons. The molecule has 2 aromatic rings. The van der Waals surface area contributed by atoms with E-state index in [-0.39, 0.29) is 43.3 Å². The zero-order valence-electron chi connectivity index (χ0n) is 22.7. The molecular formula is C31H41F2I3O4. The molecule has 4 aliphatic rings. The normalized spacial score (nSPS) is 27.9. The van der Waals surface area contributed by atoms with E-state index in [1.54, 1.807) is 12.1 Å². The van der Waals surface area contributed by atoms with Gasteiger partial charge < -0.3 is 19.3 Å². The number of hydrogen-bond donors (Lipinski definition) is 1. The first-order valence-corrected chi connectivity index (χ1v) is 20.5. The van der Waals surface area contributed by atoms with Crippen molar-refractivity contribution in [1.82, 2.24) is 0 Å². The van der Waals surface area contributed by atoms with E-state index in [4.69, 9.17) is 14.6 Å². The van der Waals surface area contributed by atoms with Crippen molar-refractivity contribution in [1.29, 1.82) is 0 Å². The monoisotopic (exact) mass is 896 g/mol. The molecule has 6 rings (SSSR count). The smallest absolute Gasteiger partial charge is 0.345 e. The molecule has 4 saturated carbocycles. The van der Waals surface area contributed by atoms with Crippen molar-refractivity contribution in [2.45, 2.75) is 96.2 Å². The lowest BCUT2D eigenvalue weighted by atomic mass is 9.87. The van der Waals surface area contributed by atoms with E-state index in [1.165, 1.54) is 51.4 Å². The highest BCUT2D eigenvalue weighted by molar-refractivity contribution is 15.0. The molecule has 0 aromatic heterocycles. The van der Waals surface area contributed by atoms with Gasteiger partial charge in [-0.2, -0.15) is 8.78 Å². The van der Waals surface area contributed by atoms with Crippen LogP contribution in [0.25, 0.3) is 0 Å². The number of hydrogen-bond acceptors (Lipinski definition) is 4. The molecule has 4 fully saturated rings. The quantitative estimate of drug-likeness (QED) is 0.268. The fraction of sp³-hybridized carbons (Fsp3) is 0.613. The third kappa shape index (κ3) is 10.9. The van der Waals surface area contributed by atoms with Crippen molar-refractivity contribution in [2.75, 3.05) is 0 Å². The molecule has 0 aliphatic heterocycles. The van der Waals surface area contributed by atoms with Crippen LogP contribution in [0.3, 0.4) is 0 Å². The number of aliphatic hydroxyl groups is 1. The van der Waals surface area contributed by atoms with Gasteiger partial charge in [0, 0.05) is 37.2 Å². The van der Waals surface area contributed by atoms with Gasteiger partial charge in [-0.1, -0.05) is 49.9 Å². The van der Waals surface area contributed by atoms with Crippen LogP contribution in [0, 0.1) is 23.7 Å². The molecule has 2 unspecified atom stereocenters. The second-order valence-corrected chi connectivity index (χ2v) is 11.5. The van der Waals surface area contributed by atoms with Crippen molar-refractivity contribution in [3.05, 3.63) is 59.7 Å². The number of benzene rings is 2. The van der Waals surface area contributed by atoms with Crippen LogP contribution in [-0.2, 0) is 18.0 Å². The molecule has 4 aliphatic carbocycles. The van der Waals surface area contributed by atoms with Crippen LogP contribution in [0.4, 0.5) is 8.78 Å². The van der Waals surface area contributed by atoms with Gasteiger partial charge in [-0.05, 0) is 97.6 Å². The molecule has 9 heteroatoms. The summed E-state index contributed by atoms with van der Waals surface area (Å²) in [6.07, 6.45) is 13.7. The molecule has 40 heavy (non-hydrogen) atoms. The van der Waals surface area contributed by atoms with Gasteiger partial charge in [0.15, 0.2) is 0 Å². The van der Waals surface area contributed by atoms with Gasteiger partial charge in [-0.15, -0.1) is 24.0 Å². The molecule has 4 bridgehead atoms. The van der Waals surface area contributed by atoms with E-state index >= 15 is 0 Å². The Labute approximate surface area is 278 Å². The minimum Gasteiger partial charge on any atom is -0.490 e. The van der Waals surface area contributed by atoms with Crippen molar-refractivity contribution in [3.8, 4) is 11.5 Å². The minimum absolute atomic E-state index is 0. The highest BCUT2D eigenvalue weighted by atomic mass is 128. The van der Waals surface area contributed by atoms with Crippen LogP contribution in [0.2, 0.25) is 0 Å². The molecule has 2 aromatic carbocycles. The molecule has 1 N–H and O–H groups in total. The largest absolute Gasteiger partial charge is 0.490 e. The molecule has 0 heterocycles. The van der Waals surface area contributed by atoms with Crippen molar-refractivity contribution in [2.24, 2.45) is 23.7 Å². The lowest BCUT2D eigenvalue weighted by molar-refractivity contribution is -0.137. The zero-order valence-corrected chi connectivity index (χ0v) is 29.4. The number of halogens is 5. The van der Waals surface area contributed by atoms with Crippen LogP contribution in [0.15, 0.2) is 48.5 Å². The van der Waals surface area contributed by atoms with Crippen LogP contribution >= 0.6 is 61.2 Å². The summed E-state index contributed by atoms with van der Waals surface area (Å²) in [6.45, 7) is -2.72. The average molecular weight is 896 g/mol. The van der Waals surface area contributed by atoms with Gasteiger partial charge >= 0.3 is 6.61 Å². The van der Waals surface area contributed by atoms with Gasteiger partial charge in [0.25, 0.3) is 0 Å². The molecule has 224 valence electrons. The molecule has 0 amide bonds. The summed E-state index contributed by atoms with van der Waals surface area (Å²) in [5.41, 5.74) is 1.66. The average Bonchev–Trinajstić information content (AvgIpc) is 3.48. The molecule has 4 nitrogen and oxygen atoms in total. The molecule has 0 spiro atoms. The topological polar surface area (TPSA) is 47.9 Å². The Balaban J connectivity index is 0.000000205. The lowest BCUT2D eigenvalue weighted by Crippen LogP contribution is -2.26. The van der Waals surface area contributed by atoms with Crippen LogP contribution < -0.4 is 9.47 Å². The fourth-order valence-corrected chi connectivity index (χ4v) is 7.06. The van der Waals surface area contributed by atoms with E-state index in [0.717, 1.165) is 59.1 Å². The first kappa shape index (κ1) is 34.5. The van der Waals surface area contributed by atoms with Crippen LogP contribution in [0.1, 0.15) is 75.3 Å². The summed E-state index contributed by atoms with van der Waals surface area (Å²) in [7, 11) is 0. The standard InChI is InChI=1S/C16H20F2O2.C15H20O2.I2.HI/c17-16(18)19-10-13-2-1-3-14(9-13)20-15-7-11-4-5-12(6-11)8-15;16-10-13-2-1-3-14(9-13)17-15-7-11-4-5-12(6-11)8-15;1-2;/h1-3,9,11-12,15-16H,4-8,10H2;1-3,9,11-12,15-16H,4-8,10H2;;1H/t2*11-,12+,15?;;. The summed E-state index contributed by atoms with van der Waals surface area (Å²) in [5, 5.41) is 9.11. The van der Waals surface area contributed by atoms with Crippen LogP contribution in [-0.4, -0.2) is 23.9 Å². The Morgan fingerprint density at radius 1 is 0.700 bits per heavy atom. The van der Waals surface area contributed by atoms with Gasteiger partial charge in [0.2, 0.25) is 0 Å². The second kappa shape index (κ2) is 18.0. The fourth-order valence-electron chi connectivity index (χ4n) is 7.06. The minimum atomic E-state index is -2.73. The number of fused-ring (bicyclic) bond motifs is 4. The van der Waals surface area contributed by atoms with Gasteiger partial charge in [-0.25, -0.2) is 0 Å². The third-order valence-corrected chi connectivity index (χ3v) is 8.65. The molecular weight excluding hydrogens is 855 g/mol. The maximum absolute atomic E-state index is 12.0. The predicted octanol–water partition coefficient (Wildman–Crippen LogP) is 9.91. The van der Waals surface area contributed by atoms with E-state index in [0.29, 0.717) is 6.10 Å². The van der Waals surface area contributed by atoms with Crippen molar-refractivity contribution < 1.29 is 28.1 Å². The predicted molar refractivity (Wildman–Crippen MR) is 182 cm³/mol. The zero-order chi connectivity index (χ0) is 27.6. The van der Waals surface area contributed by atoms with E-state index in [1.807, 2.05) is 36.4 Å². The van der Waals surface area contributed by atoms with Gasteiger partial charge in [0.05, 0.1) is 25.4 Å². The Bertz CT molecular complexity index is 990. The van der Waals surface area contributed by atoms with Crippen molar-refractivity contribution >= 4 is 61.2 Å². The third-order valence-electron chi connectivity index (χ3n) is 8.65. The highest BCUT2D eigenvalue weighted by Gasteiger charge is 2.36. The maximum Gasteiger partial charge on any atom is 0.345 e. The number of ether oxygens (including phenoxy) is 3. The summed E-state index contributed by atoms with van der Waals surface area (Å²) < 4.78 is 40.5. The summed E-state index contributed by atoms with van der Waals surface area (Å²) in [4.78, 5) is 0. The Morgan fingerprint density at radius 2 is 1.12 bits per heavy atom. The Morgan fingerprint density at radius 3 is 1.55 bits per heavy atom. The van der Waals surface area contributed by atoms with Crippen LogP contribution in [0.5, 0.6) is 11.5 Å². The Hall–Kier alpha value is 0.01000. The number of aliphatic hydroxyl groups excluding tert-OH is 1.